The molecular formula is C17H23F2IN6. The highest BCUT2D eigenvalue weighted by Gasteiger charge is 2.27. The third-order valence-electron chi connectivity index (χ3n) is 4.22. The number of guanidine groups is 1. The molecule has 1 aliphatic heterocycles. The molecule has 0 saturated carbocycles. The number of halogens is 3. The van der Waals surface area contributed by atoms with Crippen LogP contribution in [0.4, 0.5) is 14.5 Å². The van der Waals surface area contributed by atoms with Crippen molar-refractivity contribution >= 4 is 35.6 Å². The number of hydrogen-bond acceptors (Lipinski definition) is 3. The zero-order chi connectivity index (χ0) is 17.8. The van der Waals surface area contributed by atoms with Gasteiger partial charge in [0.1, 0.15) is 17.3 Å². The number of anilines is 1. The van der Waals surface area contributed by atoms with Gasteiger partial charge in [0.15, 0.2) is 5.96 Å². The second-order valence-corrected chi connectivity index (χ2v) is 6.09. The van der Waals surface area contributed by atoms with Crippen LogP contribution in [0.2, 0.25) is 0 Å². The summed E-state index contributed by atoms with van der Waals surface area (Å²) in [4.78, 5) is 5.94. The monoisotopic (exact) mass is 476 g/mol. The fraction of sp³-hybridized carbons (Fsp3) is 0.412. The van der Waals surface area contributed by atoms with E-state index in [4.69, 9.17) is 0 Å². The van der Waals surface area contributed by atoms with Gasteiger partial charge in [0, 0.05) is 51.5 Å². The number of aryl methyl sites for hydroxylation is 1. The average Bonchev–Trinajstić information content (AvgIpc) is 3.20. The Balaban J connectivity index is 0.00000243. The van der Waals surface area contributed by atoms with Crippen molar-refractivity contribution < 1.29 is 8.78 Å². The molecule has 0 radical (unpaired) electrons. The molecule has 2 heterocycles. The molecule has 0 bridgehead atoms. The molecule has 0 spiro atoms. The summed E-state index contributed by atoms with van der Waals surface area (Å²) in [5.41, 5.74) is 1.09. The molecular weight excluding hydrogens is 453 g/mol. The van der Waals surface area contributed by atoms with Crippen molar-refractivity contribution in [1.29, 1.82) is 0 Å². The van der Waals surface area contributed by atoms with Gasteiger partial charge in [0.2, 0.25) is 0 Å². The van der Waals surface area contributed by atoms with E-state index in [-0.39, 0.29) is 35.7 Å². The van der Waals surface area contributed by atoms with Crippen molar-refractivity contribution in [3.63, 3.8) is 0 Å². The highest BCUT2D eigenvalue weighted by atomic mass is 127. The quantitative estimate of drug-likeness (QED) is 0.404. The molecule has 1 aromatic heterocycles. The molecule has 142 valence electrons. The van der Waals surface area contributed by atoms with Crippen molar-refractivity contribution in [1.82, 2.24) is 20.4 Å². The van der Waals surface area contributed by atoms with Crippen LogP contribution in [0.5, 0.6) is 0 Å². The van der Waals surface area contributed by atoms with E-state index >= 15 is 0 Å². The van der Waals surface area contributed by atoms with E-state index in [1.54, 1.807) is 22.8 Å². The Morgan fingerprint density at radius 1 is 1.35 bits per heavy atom. The van der Waals surface area contributed by atoms with Gasteiger partial charge in [-0.25, -0.2) is 8.78 Å². The second kappa shape index (κ2) is 9.15. The van der Waals surface area contributed by atoms with Crippen molar-refractivity contribution in [3.05, 3.63) is 47.8 Å². The molecule has 1 atom stereocenters. The third-order valence-corrected chi connectivity index (χ3v) is 4.22. The molecule has 1 saturated heterocycles. The van der Waals surface area contributed by atoms with Gasteiger partial charge in [-0.2, -0.15) is 5.10 Å². The lowest BCUT2D eigenvalue weighted by Gasteiger charge is -2.21. The van der Waals surface area contributed by atoms with E-state index < -0.39 is 11.6 Å². The van der Waals surface area contributed by atoms with Crippen LogP contribution in [0, 0.1) is 11.6 Å². The van der Waals surface area contributed by atoms with Gasteiger partial charge >= 0.3 is 0 Å². The number of aromatic nitrogens is 2. The summed E-state index contributed by atoms with van der Waals surface area (Å²) in [7, 11) is 3.56. The van der Waals surface area contributed by atoms with Crippen LogP contribution in [0.25, 0.3) is 0 Å². The molecule has 6 nitrogen and oxygen atoms in total. The predicted octanol–water partition coefficient (Wildman–Crippen LogP) is 2.26. The van der Waals surface area contributed by atoms with Gasteiger partial charge in [-0.15, -0.1) is 24.0 Å². The molecule has 0 aliphatic carbocycles. The van der Waals surface area contributed by atoms with Gasteiger partial charge in [0.25, 0.3) is 0 Å². The second-order valence-electron chi connectivity index (χ2n) is 6.09. The van der Waals surface area contributed by atoms with Crippen molar-refractivity contribution in [2.75, 3.05) is 25.0 Å². The molecule has 9 heteroatoms. The summed E-state index contributed by atoms with van der Waals surface area (Å²) >= 11 is 0. The molecule has 2 aromatic rings. The Morgan fingerprint density at radius 3 is 2.69 bits per heavy atom. The average molecular weight is 476 g/mol. The molecule has 2 N–H and O–H groups in total. The number of rotatable bonds is 4. The first kappa shape index (κ1) is 20.4. The van der Waals surface area contributed by atoms with Crippen LogP contribution >= 0.6 is 24.0 Å². The van der Waals surface area contributed by atoms with E-state index in [1.807, 2.05) is 13.2 Å². The van der Waals surface area contributed by atoms with Crippen LogP contribution < -0.4 is 15.5 Å². The standard InChI is InChI=1S/C17H22F2N6.HI/c1-20-17(21-8-12-9-22-24(2)10-12)23-13-6-7-25(11-13)16-14(18)4-3-5-15(16)19;/h3-5,9-10,13H,6-8,11H2,1-2H3,(H2,20,21,23);1H. The summed E-state index contributed by atoms with van der Waals surface area (Å²) < 4.78 is 29.6. The van der Waals surface area contributed by atoms with Crippen LogP contribution in [-0.4, -0.2) is 41.9 Å². The maximum atomic E-state index is 13.9. The van der Waals surface area contributed by atoms with Gasteiger partial charge in [-0.05, 0) is 18.6 Å². The highest BCUT2D eigenvalue weighted by molar-refractivity contribution is 14.0. The summed E-state index contributed by atoms with van der Waals surface area (Å²) in [5, 5.41) is 10.7. The minimum absolute atomic E-state index is 0. The lowest BCUT2D eigenvalue weighted by molar-refractivity contribution is 0.576. The molecule has 0 amide bonds. The van der Waals surface area contributed by atoms with Crippen LogP contribution in [0.3, 0.4) is 0 Å². The maximum absolute atomic E-state index is 13.9. The third kappa shape index (κ3) is 4.83. The first-order valence-corrected chi connectivity index (χ1v) is 8.20. The van der Waals surface area contributed by atoms with Gasteiger partial charge in [0.05, 0.1) is 6.20 Å². The first-order chi connectivity index (χ1) is 12.1. The number of aliphatic imine (C=N–C) groups is 1. The fourth-order valence-corrected chi connectivity index (χ4v) is 3.01. The lowest BCUT2D eigenvalue weighted by Crippen LogP contribution is -2.44. The van der Waals surface area contributed by atoms with Crippen LogP contribution in [0.1, 0.15) is 12.0 Å². The van der Waals surface area contributed by atoms with Crippen molar-refractivity contribution in [2.24, 2.45) is 12.0 Å². The minimum atomic E-state index is -0.528. The number of benzene rings is 1. The van der Waals surface area contributed by atoms with Crippen molar-refractivity contribution in [2.45, 2.75) is 19.0 Å². The van der Waals surface area contributed by atoms with Crippen LogP contribution in [-0.2, 0) is 13.6 Å². The summed E-state index contributed by atoms with van der Waals surface area (Å²) in [6.07, 6.45) is 4.50. The summed E-state index contributed by atoms with van der Waals surface area (Å²) in [5.74, 6) is -0.399. The lowest BCUT2D eigenvalue weighted by atomic mass is 10.2. The van der Waals surface area contributed by atoms with Crippen LogP contribution in [0.15, 0.2) is 35.6 Å². The molecule has 1 fully saturated rings. The number of nitrogens with one attached hydrogen (secondary N) is 2. The van der Waals surface area contributed by atoms with Gasteiger partial charge in [-0.3, -0.25) is 9.67 Å². The van der Waals surface area contributed by atoms with E-state index in [9.17, 15) is 8.78 Å². The molecule has 3 rings (SSSR count). The largest absolute Gasteiger partial charge is 0.365 e. The SMILES string of the molecule is CN=C(NCc1cnn(C)c1)NC1CCN(c2c(F)cccc2F)C1.I. The Kier molecular flexibility index (Phi) is 7.18. The Hall–Kier alpha value is -1.91. The van der Waals surface area contributed by atoms with E-state index in [1.165, 1.54) is 18.2 Å². The zero-order valence-electron chi connectivity index (χ0n) is 14.7. The molecule has 1 unspecified atom stereocenters. The zero-order valence-corrected chi connectivity index (χ0v) is 17.1. The summed E-state index contributed by atoms with van der Waals surface area (Å²) in [6, 6.07) is 4.02. The number of para-hydroxylation sites is 1. The normalized spacial score (nSPS) is 17.2. The first-order valence-electron chi connectivity index (χ1n) is 8.20. The number of nitrogens with zero attached hydrogens (tertiary/aromatic N) is 4. The molecule has 1 aliphatic rings. The Bertz CT molecular complexity index is 743. The molecule has 1 aromatic carbocycles. The topological polar surface area (TPSA) is 57.5 Å². The number of hydrogen-bond donors (Lipinski definition) is 2. The van der Waals surface area contributed by atoms with Gasteiger partial charge < -0.3 is 15.5 Å². The van der Waals surface area contributed by atoms with E-state index in [2.05, 4.69) is 20.7 Å². The van der Waals surface area contributed by atoms with Crippen molar-refractivity contribution in [3.8, 4) is 0 Å². The van der Waals surface area contributed by atoms with E-state index in [0.29, 0.717) is 25.6 Å². The molecule has 26 heavy (non-hydrogen) atoms. The Labute approximate surface area is 168 Å². The summed E-state index contributed by atoms with van der Waals surface area (Å²) in [6.45, 7) is 1.71. The minimum Gasteiger partial charge on any atom is -0.365 e. The highest BCUT2D eigenvalue weighted by Crippen LogP contribution is 2.26. The van der Waals surface area contributed by atoms with Gasteiger partial charge in [-0.1, -0.05) is 6.07 Å². The van der Waals surface area contributed by atoms with E-state index in [0.717, 1.165) is 12.0 Å². The maximum Gasteiger partial charge on any atom is 0.191 e. The Morgan fingerprint density at radius 2 is 2.08 bits per heavy atom. The fourth-order valence-electron chi connectivity index (χ4n) is 3.01. The smallest absolute Gasteiger partial charge is 0.191 e. The predicted molar refractivity (Wildman–Crippen MR) is 109 cm³/mol.